The molecule has 0 saturated heterocycles. The topological polar surface area (TPSA) is 6.48 Å². The Bertz CT molecular complexity index is 138. The molecule has 0 fully saturated rings. The summed E-state index contributed by atoms with van der Waals surface area (Å²) in [6, 6.07) is 0. The molecule has 0 unspecified atom stereocenters. The maximum absolute atomic E-state index is 3.66. The van der Waals surface area contributed by atoms with Gasteiger partial charge in [-0.15, -0.1) is 6.58 Å². The molecule has 1 rings (SSSR count). The first-order chi connectivity index (χ1) is 4.33. The van der Waals surface area contributed by atoms with Gasteiger partial charge in [-0.1, -0.05) is 6.08 Å². The Labute approximate surface area is 96.6 Å². The van der Waals surface area contributed by atoms with Gasteiger partial charge < -0.3 is 22.2 Å². The monoisotopic (exact) mass is 182 g/mol. The summed E-state index contributed by atoms with van der Waals surface area (Å²) in [6.07, 6.45) is 6.04. The molecular weight excluding hydrogens is 171 g/mol. The van der Waals surface area contributed by atoms with Crippen molar-refractivity contribution in [1.82, 2.24) is 9.80 Å². The molecule has 4 heteroatoms. The first-order valence-electron chi connectivity index (χ1n) is 3.06. The van der Waals surface area contributed by atoms with Gasteiger partial charge in [0.25, 0.3) is 0 Å². The Hall–Kier alpha value is 0.370. The summed E-state index contributed by atoms with van der Waals surface area (Å²) in [7, 11) is 2.06. The van der Waals surface area contributed by atoms with E-state index in [1.807, 2.05) is 6.08 Å². The molecule has 1 aliphatic rings. The fourth-order valence-corrected chi connectivity index (χ4v) is 0.873. The first kappa shape index (κ1) is 13.9. The van der Waals surface area contributed by atoms with E-state index >= 15 is 0 Å². The van der Waals surface area contributed by atoms with E-state index in [0.717, 1.165) is 13.2 Å². The second kappa shape index (κ2) is 7.04. The third-order valence-corrected chi connectivity index (χ3v) is 1.30. The quantitative estimate of drug-likeness (QED) is 0.312. The smallest absolute Gasteiger partial charge is 1.00 e. The molecule has 0 radical (unpaired) electrons. The van der Waals surface area contributed by atoms with Crippen molar-refractivity contribution in [2.45, 2.75) is 0 Å². The molecule has 0 bridgehead atoms. The molecule has 58 valence electrons. The molecule has 0 aromatic heterocycles. The molecule has 0 aromatic carbocycles. The van der Waals surface area contributed by atoms with Crippen molar-refractivity contribution in [1.29, 1.82) is 0 Å². The Morgan fingerprint density at radius 3 is 2.55 bits per heavy atom. The molecule has 11 heavy (non-hydrogen) atoms. The van der Waals surface area contributed by atoms with Gasteiger partial charge in [-0.3, -0.25) is 0 Å². The van der Waals surface area contributed by atoms with Crippen LogP contribution >= 0.6 is 0 Å². The zero-order chi connectivity index (χ0) is 6.69. The van der Waals surface area contributed by atoms with Gasteiger partial charge in [0, 0.05) is 26.0 Å². The predicted octanol–water partition coefficient (Wildman–Crippen LogP) is -5.14. The van der Waals surface area contributed by atoms with E-state index in [0.29, 0.717) is 0 Å². The van der Waals surface area contributed by atoms with E-state index in [2.05, 4.69) is 35.8 Å². The van der Waals surface area contributed by atoms with Gasteiger partial charge in [0.1, 0.15) is 0 Å². The van der Waals surface area contributed by atoms with Crippen LogP contribution in [0.5, 0.6) is 0 Å². The van der Waals surface area contributed by atoms with Crippen molar-refractivity contribution >= 4 is 0 Å². The summed E-state index contributed by atoms with van der Waals surface area (Å²) in [5, 5.41) is 0. The Morgan fingerprint density at radius 1 is 1.55 bits per heavy atom. The minimum Gasteiger partial charge on any atom is -1.00 e. The zero-order valence-corrected chi connectivity index (χ0v) is 9.88. The number of hydrogen-bond acceptors (Lipinski definition) is 2. The van der Waals surface area contributed by atoms with Gasteiger partial charge in [0.15, 0.2) is 0 Å². The van der Waals surface area contributed by atoms with Crippen LogP contribution in [0.2, 0.25) is 0 Å². The maximum Gasteiger partial charge on any atom is 1.00 e. The summed E-state index contributed by atoms with van der Waals surface area (Å²) < 4.78 is 0. The minimum absolute atomic E-state index is 0. The van der Waals surface area contributed by atoms with Crippen molar-refractivity contribution in [3.8, 4) is 0 Å². The zero-order valence-electron chi connectivity index (χ0n) is 7.13. The molecule has 0 atom stereocenters. The summed E-state index contributed by atoms with van der Waals surface area (Å²) in [4.78, 5) is 4.32. The van der Waals surface area contributed by atoms with E-state index in [9.17, 15) is 0 Å². The molecule has 0 saturated carbocycles. The molecule has 0 N–H and O–H groups in total. The van der Waals surface area contributed by atoms with Crippen molar-refractivity contribution < 1.29 is 42.0 Å². The van der Waals surface area contributed by atoms with Crippen LogP contribution in [0, 0.1) is 0 Å². The molecule has 2 nitrogen and oxygen atoms in total. The van der Waals surface area contributed by atoms with E-state index < -0.39 is 0 Å². The van der Waals surface area contributed by atoms with Crippen molar-refractivity contribution in [2.24, 2.45) is 0 Å². The molecule has 0 aromatic rings. The number of halogens is 1. The minimum atomic E-state index is 0. The van der Waals surface area contributed by atoms with Crippen molar-refractivity contribution in [3.63, 3.8) is 0 Å². The van der Waals surface area contributed by atoms with Gasteiger partial charge in [0.2, 0.25) is 0 Å². The summed E-state index contributed by atoms with van der Waals surface area (Å²) >= 11 is 0. The fourth-order valence-electron chi connectivity index (χ4n) is 0.873. The number of hydrogen-bond donors (Lipinski definition) is 0. The van der Waals surface area contributed by atoms with Crippen molar-refractivity contribution in [3.05, 3.63) is 25.1 Å². The van der Waals surface area contributed by atoms with Crippen LogP contribution in [-0.4, -0.2) is 30.1 Å². The van der Waals surface area contributed by atoms with Crippen LogP contribution in [0.3, 0.4) is 0 Å². The predicted molar refractivity (Wildman–Crippen MR) is 38.7 cm³/mol. The number of nitrogens with zero attached hydrogens (tertiary/aromatic N) is 2. The second-order valence-corrected chi connectivity index (χ2v) is 2.26. The van der Waals surface area contributed by atoms with Gasteiger partial charge >= 0.3 is 29.6 Å². The average molecular weight is 183 g/mol. The van der Waals surface area contributed by atoms with Crippen LogP contribution in [-0.2, 0) is 0 Å². The SMILES string of the molecule is C=CCN1C=CN(C)C1.[Cl-].[Na+]. The molecular formula is C7H12ClN2Na. The second-order valence-electron chi connectivity index (χ2n) is 2.26. The van der Waals surface area contributed by atoms with Crippen LogP contribution < -0.4 is 42.0 Å². The van der Waals surface area contributed by atoms with Gasteiger partial charge in [-0.25, -0.2) is 0 Å². The molecule has 0 aliphatic carbocycles. The molecule has 0 amide bonds. The van der Waals surface area contributed by atoms with E-state index in [-0.39, 0.29) is 42.0 Å². The molecule has 1 aliphatic heterocycles. The van der Waals surface area contributed by atoms with Crippen LogP contribution in [0.25, 0.3) is 0 Å². The Balaban J connectivity index is 0. The van der Waals surface area contributed by atoms with Crippen LogP contribution in [0.1, 0.15) is 0 Å². The summed E-state index contributed by atoms with van der Waals surface area (Å²) in [5.74, 6) is 0. The number of rotatable bonds is 2. The van der Waals surface area contributed by atoms with Crippen molar-refractivity contribution in [2.75, 3.05) is 20.3 Å². The summed E-state index contributed by atoms with van der Waals surface area (Å²) in [6.45, 7) is 5.59. The van der Waals surface area contributed by atoms with E-state index in [4.69, 9.17) is 0 Å². The van der Waals surface area contributed by atoms with Gasteiger partial charge in [0.05, 0.1) is 6.67 Å². The van der Waals surface area contributed by atoms with Gasteiger partial charge in [-0.05, 0) is 0 Å². The Morgan fingerprint density at radius 2 is 2.18 bits per heavy atom. The third-order valence-electron chi connectivity index (χ3n) is 1.30. The fraction of sp³-hybridized carbons (Fsp3) is 0.429. The Kier molecular flexibility index (Phi) is 8.92. The summed E-state index contributed by atoms with van der Waals surface area (Å²) in [5.41, 5.74) is 0. The van der Waals surface area contributed by atoms with Gasteiger partial charge in [-0.2, -0.15) is 0 Å². The molecule has 0 spiro atoms. The average Bonchev–Trinajstić information content (AvgIpc) is 2.17. The largest absolute Gasteiger partial charge is 1.00 e. The first-order valence-corrected chi connectivity index (χ1v) is 3.06. The van der Waals surface area contributed by atoms with E-state index in [1.54, 1.807) is 0 Å². The molecule has 1 heterocycles. The maximum atomic E-state index is 3.66. The van der Waals surface area contributed by atoms with Crippen LogP contribution in [0.4, 0.5) is 0 Å². The normalized spacial score (nSPS) is 13.9. The van der Waals surface area contributed by atoms with E-state index in [1.165, 1.54) is 0 Å². The standard InChI is InChI=1S/C7H12N2.ClH.Na/c1-3-4-9-6-5-8(2)7-9;;/h3,5-6H,1,4,7H2,2H3;1H;/q;;+1/p-1. The van der Waals surface area contributed by atoms with Crippen LogP contribution in [0.15, 0.2) is 25.1 Å². The third kappa shape index (κ3) is 4.75.